The number of aliphatic imine (C=N–C) groups is 1. The van der Waals surface area contributed by atoms with Crippen molar-refractivity contribution in [2.75, 3.05) is 0 Å². The van der Waals surface area contributed by atoms with Crippen molar-refractivity contribution in [2.45, 2.75) is 19.4 Å². The van der Waals surface area contributed by atoms with Gasteiger partial charge in [-0.2, -0.15) is 4.99 Å². The molecule has 1 aliphatic rings. The third-order valence-corrected chi connectivity index (χ3v) is 4.06. The normalized spacial score (nSPS) is 13.0. The Morgan fingerprint density at radius 2 is 2.00 bits per heavy atom. The predicted octanol–water partition coefficient (Wildman–Crippen LogP) is 1.97. The highest BCUT2D eigenvalue weighted by atomic mass is 16.3. The van der Waals surface area contributed by atoms with Gasteiger partial charge in [0.2, 0.25) is 0 Å². The van der Waals surface area contributed by atoms with Crippen molar-refractivity contribution in [2.24, 2.45) is 16.5 Å². The second-order valence-electron chi connectivity index (χ2n) is 5.73. The van der Waals surface area contributed by atoms with Crippen LogP contribution in [0.5, 0.6) is 0 Å². The minimum absolute atomic E-state index is 0.00298. The van der Waals surface area contributed by atoms with Gasteiger partial charge >= 0.3 is 0 Å². The Bertz CT molecular complexity index is 849. The summed E-state index contributed by atoms with van der Waals surface area (Å²) in [7, 11) is 0. The van der Waals surface area contributed by atoms with Crippen LogP contribution >= 0.6 is 0 Å². The van der Waals surface area contributed by atoms with Crippen LogP contribution < -0.4 is 11.5 Å². The Kier molecular flexibility index (Phi) is 4.44. The Balaban J connectivity index is 2.05. The molecule has 2 aromatic carbocycles. The molecule has 3 rings (SSSR count). The molecular weight excluding hydrogens is 302 g/mol. The standard InChI is InChI=1S/C19H19N3O2/c20-19(21)22-18(24)15-8-7-13-4-2-6-16(17(13)10-15)14-5-1-3-12(9-14)11-23/h1,3,5-10,23H,2,4,11H2,(H4,20,21,22,24). The number of nitrogens with two attached hydrogens (primary N) is 2. The number of aliphatic hydroxyl groups is 1. The van der Waals surface area contributed by atoms with Crippen molar-refractivity contribution >= 4 is 17.4 Å². The fourth-order valence-electron chi connectivity index (χ4n) is 2.95. The fourth-order valence-corrected chi connectivity index (χ4v) is 2.95. The zero-order valence-corrected chi connectivity index (χ0v) is 13.2. The lowest BCUT2D eigenvalue weighted by molar-refractivity contribution is 0.100. The smallest absolute Gasteiger partial charge is 0.280 e. The first kappa shape index (κ1) is 16.0. The molecule has 0 atom stereocenters. The second kappa shape index (κ2) is 6.68. The zero-order valence-electron chi connectivity index (χ0n) is 13.2. The van der Waals surface area contributed by atoms with Gasteiger partial charge in [0.05, 0.1) is 6.61 Å². The first-order chi connectivity index (χ1) is 11.6. The maximum Gasteiger partial charge on any atom is 0.280 e. The molecule has 0 saturated heterocycles. The van der Waals surface area contributed by atoms with Crippen LogP contribution in [0.2, 0.25) is 0 Å². The van der Waals surface area contributed by atoms with Crippen LogP contribution in [0, 0.1) is 0 Å². The average Bonchev–Trinajstić information content (AvgIpc) is 2.60. The Morgan fingerprint density at radius 1 is 1.17 bits per heavy atom. The molecule has 0 heterocycles. The highest BCUT2D eigenvalue weighted by Gasteiger charge is 2.17. The highest BCUT2D eigenvalue weighted by molar-refractivity contribution is 6.02. The molecule has 0 saturated carbocycles. The molecule has 24 heavy (non-hydrogen) atoms. The number of aliphatic hydroxyl groups excluding tert-OH is 1. The van der Waals surface area contributed by atoms with E-state index < -0.39 is 5.91 Å². The van der Waals surface area contributed by atoms with Crippen LogP contribution in [0.15, 0.2) is 53.5 Å². The Labute approximate surface area is 140 Å². The third kappa shape index (κ3) is 3.21. The van der Waals surface area contributed by atoms with E-state index in [0.717, 1.165) is 35.1 Å². The monoisotopic (exact) mass is 321 g/mol. The first-order valence-corrected chi connectivity index (χ1v) is 7.76. The van der Waals surface area contributed by atoms with Crippen molar-refractivity contribution in [1.29, 1.82) is 0 Å². The van der Waals surface area contributed by atoms with Crippen molar-refractivity contribution in [3.63, 3.8) is 0 Å². The van der Waals surface area contributed by atoms with Crippen molar-refractivity contribution in [3.8, 4) is 0 Å². The lowest BCUT2D eigenvalue weighted by Crippen LogP contribution is -2.24. The molecule has 0 spiro atoms. The molecule has 5 N–H and O–H groups in total. The molecule has 2 aromatic rings. The number of nitrogens with zero attached hydrogens (tertiary/aromatic N) is 1. The topological polar surface area (TPSA) is 102 Å². The van der Waals surface area contributed by atoms with Gasteiger partial charge in [0.25, 0.3) is 5.91 Å². The number of aryl methyl sites for hydroxylation is 1. The molecule has 5 nitrogen and oxygen atoms in total. The van der Waals surface area contributed by atoms with E-state index in [1.165, 1.54) is 5.56 Å². The van der Waals surface area contributed by atoms with Crippen molar-refractivity contribution < 1.29 is 9.90 Å². The Hall–Kier alpha value is -2.92. The third-order valence-electron chi connectivity index (χ3n) is 4.06. The molecule has 0 unspecified atom stereocenters. The minimum Gasteiger partial charge on any atom is -0.392 e. The molecule has 0 aromatic heterocycles. The molecule has 5 heteroatoms. The van der Waals surface area contributed by atoms with E-state index in [0.29, 0.717) is 5.56 Å². The number of hydrogen-bond acceptors (Lipinski definition) is 2. The maximum absolute atomic E-state index is 12.1. The summed E-state index contributed by atoms with van der Waals surface area (Å²) in [5.41, 5.74) is 16.2. The zero-order chi connectivity index (χ0) is 17.1. The number of carbonyl (C=O) groups excluding carboxylic acids is 1. The van der Waals surface area contributed by atoms with Crippen molar-refractivity contribution in [3.05, 3.63) is 76.4 Å². The molecule has 1 aliphatic carbocycles. The van der Waals surface area contributed by atoms with Gasteiger partial charge in [0.1, 0.15) is 0 Å². The molecule has 0 aliphatic heterocycles. The molecule has 122 valence electrons. The summed E-state index contributed by atoms with van der Waals surface area (Å²) in [6.45, 7) is -0.00298. The lowest BCUT2D eigenvalue weighted by atomic mass is 9.85. The van der Waals surface area contributed by atoms with E-state index in [1.807, 2.05) is 36.4 Å². The first-order valence-electron chi connectivity index (χ1n) is 7.76. The van der Waals surface area contributed by atoms with E-state index in [-0.39, 0.29) is 12.6 Å². The van der Waals surface area contributed by atoms with Crippen molar-refractivity contribution in [1.82, 2.24) is 0 Å². The van der Waals surface area contributed by atoms with E-state index in [4.69, 9.17) is 11.5 Å². The fraction of sp³-hybridized carbons (Fsp3) is 0.158. The number of fused-ring (bicyclic) bond motifs is 1. The molecule has 0 radical (unpaired) electrons. The molecule has 1 amide bonds. The van der Waals surface area contributed by atoms with Gasteiger partial charge in [-0.05, 0) is 58.9 Å². The highest BCUT2D eigenvalue weighted by Crippen LogP contribution is 2.33. The Morgan fingerprint density at radius 3 is 2.75 bits per heavy atom. The number of benzene rings is 2. The van der Waals surface area contributed by atoms with Crippen LogP contribution in [-0.2, 0) is 13.0 Å². The number of carbonyl (C=O) groups is 1. The minimum atomic E-state index is -0.452. The van der Waals surface area contributed by atoms with Crippen LogP contribution in [0.25, 0.3) is 5.57 Å². The van der Waals surface area contributed by atoms with E-state index >= 15 is 0 Å². The van der Waals surface area contributed by atoms with Crippen LogP contribution in [0.3, 0.4) is 0 Å². The van der Waals surface area contributed by atoms with Crippen LogP contribution in [-0.4, -0.2) is 17.0 Å². The average molecular weight is 321 g/mol. The maximum atomic E-state index is 12.1. The SMILES string of the molecule is NC(N)=NC(=O)c1ccc2c(c1)C(c1cccc(CO)c1)=CCC2. The quantitative estimate of drug-likeness (QED) is 0.594. The van der Waals surface area contributed by atoms with Gasteiger partial charge in [-0.3, -0.25) is 4.79 Å². The second-order valence-corrected chi connectivity index (χ2v) is 5.73. The van der Waals surface area contributed by atoms with E-state index in [1.54, 1.807) is 6.07 Å². The van der Waals surface area contributed by atoms with Gasteiger partial charge in [-0.15, -0.1) is 0 Å². The number of hydrogen-bond donors (Lipinski definition) is 3. The van der Waals surface area contributed by atoms with Gasteiger partial charge in [0.15, 0.2) is 5.96 Å². The van der Waals surface area contributed by atoms with E-state index in [9.17, 15) is 9.90 Å². The summed E-state index contributed by atoms with van der Waals surface area (Å²) in [5, 5.41) is 9.35. The largest absolute Gasteiger partial charge is 0.392 e. The van der Waals surface area contributed by atoms with Crippen LogP contribution in [0.4, 0.5) is 0 Å². The number of guanidine groups is 1. The van der Waals surface area contributed by atoms with Gasteiger partial charge in [-0.25, -0.2) is 0 Å². The summed E-state index contributed by atoms with van der Waals surface area (Å²) in [6, 6.07) is 13.3. The van der Waals surface area contributed by atoms with Gasteiger partial charge < -0.3 is 16.6 Å². The number of amides is 1. The van der Waals surface area contributed by atoms with Gasteiger partial charge in [-0.1, -0.05) is 30.3 Å². The summed E-state index contributed by atoms with van der Waals surface area (Å²) in [5.74, 6) is -0.698. The summed E-state index contributed by atoms with van der Waals surface area (Å²) >= 11 is 0. The van der Waals surface area contributed by atoms with E-state index in [2.05, 4.69) is 11.1 Å². The summed E-state index contributed by atoms with van der Waals surface area (Å²) in [6.07, 6.45) is 4.02. The van der Waals surface area contributed by atoms with Gasteiger partial charge in [0, 0.05) is 5.56 Å². The predicted molar refractivity (Wildman–Crippen MR) is 94.3 cm³/mol. The van der Waals surface area contributed by atoms with Crippen LogP contribution in [0.1, 0.15) is 39.0 Å². The number of rotatable bonds is 3. The number of allylic oxidation sites excluding steroid dienone is 1. The molecule has 0 bridgehead atoms. The summed E-state index contributed by atoms with van der Waals surface area (Å²) in [4.78, 5) is 15.7. The lowest BCUT2D eigenvalue weighted by Gasteiger charge is -2.19. The molecule has 0 fully saturated rings. The summed E-state index contributed by atoms with van der Waals surface area (Å²) < 4.78 is 0. The molecular formula is C19H19N3O2.